The van der Waals surface area contributed by atoms with E-state index in [9.17, 15) is 0 Å². The number of fused-ring (bicyclic) bond motifs is 2. The van der Waals surface area contributed by atoms with Gasteiger partial charge >= 0.3 is 0 Å². The largest absolute Gasteiger partial charge is 0.0987 e. The van der Waals surface area contributed by atoms with E-state index < -0.39 is 0 Å². The highest BCUT2D eigenvalue weighted by Gasteiger charge is 2.47. The molecule has 0 saturated carbocycles. The van der Waals surface area contributed by atoms with Crippen molar-refractivity contribution >= 4 is 5.57 Å². The molecule has 0 saturated heterocycles. The summed E-state index contributed by atoms with van der Waals surface area (Å²) >= 11 is 0. The lowest BCUT2D eigenvalue weighted by Gasteiger charge is -2.36. The first-order valence-corrected chi connectivity index (χ1v) is 9.35. The van der Waals surface area contributed by atoms with Gasteiger partial charge in [0, 0.05) is 0 Å². The van der Waals surface area contributed by atoms with Crippen LogP contribution in [0.15, 0.2) is 109 Å². The summed E-state index contributed by atoms with van der Waals surface area (Å²) in [5, 5.41) is 0. The number of hydrogen-bond acceptors (Lipinski definition) is 0. The Hall–Kier alpha value is -2.86. The number of rotatable bonds is 4. The topological polar surface area (TPSA) is 0 Å². The van der Waals surface area contributed by atoms with Gasteiger partial charge in [0.25, 0.3) is 0 Å². The first-order chi connectivity index (χ1) is 12.8. The highest BCUT2D eigenvalue weighted by Crippen LogP contribution is 2.57. The van der Waals surface area contributed by atoms with Crippen LogP contribution < -0.4 is 0 Å². The van der Waals surface area contributed by atoms with Crippen LogP contribution in [0.2, 0.25) is 0 Å². The second-order valence-electron chi connectivity index (χ2n) is 6.85. The molecule has 2 aromatic carbocycles. The fraction of sp³-hybridized carbons (Fsp3) is 0.154. The Labute approximate surface area is 156 Å². The fourth-order valence-corrected chi connectivity index (χ4v) is 4.54. The van der Waals surface area contributed by atoms with Crippen molar-refractivity contribution in [1.29, 1.82) is 0 Å². The maximum absolute atomic E-state index is 4.19. The van der Waals surface area contributed by atoms with Crippen molar-refractivity contribution in [2.45, 2.75) is 25.2 Å². The Morgan fingerprint density at radius 2 is 1.81 bits per heavy atom. The van der Waals surface area contributed by atoms with Crippen LogP contribution in [-0.2, 0) is 5.41 Å². The van der Waals surface area contributed by atoms with Gasteiger partial charge in [0.05, 0.1) is 5.41 Å². The number of allylic oxidation sites excluding steroid dienone is 9. The van der Waals surface area contributed by atoms with Gasteiger partial charge in [-0.25, -0.2) is 0 Å². The summed E-state index contributed by atoms with van der Waals surface area (Å²) in [5.74, 6) is 0. The molecule has 1 unspecified atom stereocenters. The average molecular weight is 336 g/mol. The van der Waals surface area contributed by atoms with Crippen molar-refractivity contribution in [2.24, 2.45) is 0 Å². The van der Waals surface area contributed by atoms with Gasteiger partial charge in [-0.3, -0.25) is 0 Å². The molecule has 2 aromatic rings. The fourth-order valence-electron chi connectivity index (χ4n) is 4.54. The standard InChI is InChI=1S/C26H24/c1-3-5-13-20(4-2)26(21-14-7-6-8-15-21)24-18-11-9-16-22(24)23-17-10-12-19-25(23)26/h3-9,11-16,18-19H,2,10,17H2,1H3/b5-3-,20-13+. The Morgan fingerprint density at radius 1 is 1.04 bits per heavy atom. The van der Waals surface area contributed by atoms with Crippen LogP contribution in [0.4, 0.5) is 0 Å². The maximum Gasteiger partial charge on any atom is 0.0710 e. The van der Waals surface area contributed by atoms with E-state index >= 15 is 0 Å². The Bertz CT molecular complexity index is 951. The van der Waals surface area contributed by atoms with E-state index in [1.807, 2.05) is 6.08 Å². The van der Waals surface area contributed by atoms with E-state index in [0.29, 0.717) is 0 Å². The third-order valence-electron chi connectivity index (χ3n) is 5.56. The van der Waals surface area contributed by atoms with Gasteiger partial charge in [0.15, 0.2) is 0 Å². The molecule has 0 N–H and O–H groups in total. The van der Waals surface area contributed by atoms with Gasteiger partial charge < -0.3 is 0 Å². The van der Waals surface area contributed by atoms with E-state index in [0.717, 1.165) is 12.8 Å². The molecule has 0 aromatic heterocycles. The Morgan fingerprint density at radius 3 is 2.58 bits per heavy atom. The molecule has 0 spiro atoms. The van der Waals surface area contributed by atoms with Crippen molar-refractivity contribution in [3.8, 4) is 0 Å². The molecule has 1 atom stereocenters. The van der Waals surface area contributed by atoms with Crippen molar-refractivity contribution in [1.82, 2.24) is 0 Å². The molecule has 0 radical (unpaired) electrons. The van der Waals surface area contributed by atoms with Crippen molar-refractivity contribution in [3.63, 3.8) is 0 Å². The summed E-state index contributed by atoms with van der Waals surface area (Å²) in [6.07, 6.45) is 15.3. The zero-order chi connectivity index (χ0) is 18.0. The second kappa shape index (κ2) is 6.80. The molecule has 0 fully saturated rings. The summed E-state index contributed by atoms with van der Waals surface area (Å²) in [5.41, 5.74) is 7.91. The predicted octanol–water partition coefficient (Wildman–Crippen LogP) is 6.78. The smallest absolute Gasteiger partial charge is 0.0710 e. The van der Waals surface area contributed by atoms with Crippen LogP contribution in [0.5, 0.6) is 0 Å². The van der Waals surface area contributed by atoms with Gasteiger partial charge in [-0.2, -0.15) is 0 Å². The normalized spacial score (nSPS) is 21.8. The number of hydrogen-bond donors (Lipinski definition) is 0. The Kier molecular flexibility index (Phi) is 4.34. The lowest BCUT2D eigenvalue weighted by molar-refractivity contribution is 0.755. The third kappa shape index (κ3) is 2.29. The lowest BCUT2D eigenvalue weighted by atomic mass is 9.65. The summed E-state index contributed by atoms with van der Waals surface area (Å²) < 4.78 is 0. The molecule has 128 valence electrons. The lowest BCUT2D eigenvalue weighted by Crippen LogP contribution is -2.30. The molecule has 2 aliphatic rings. The highest BCUT2D eigenvalue weighted by atomic mass is 14.5. The molecule has 4 rings (SSSR count). The average Bonchev–Trinajstić information content (AvgIpc) is 3.01. The summed E-state index contributed by atoms with van der Waals surface area (Å²) in [4.78, 5) is 0. The second-order valence-corrected chi connectivity index (χ2v) is 6.85. The van der Waals surface area contributed by atoms with Gasteiger partial charge in [0.1, 0.15) is 0 Å². The van der Waals surface area contributed by atoms with E-state index in [2.05, 4.69) is 98.5 Å². The van der Waals surface area contributed by atoms with Crippen LogP contribution in [0.25, 0.3) is 5.57 Å². The van der Waals surface area contributed by atoms with E-state index in [4.69, 9.17) is 0 Å². The molecule has 0 nitrogen and oxygen atoms in total. The first kappa shape index (κ1) is 16.6. The van der Waals surface area contributed by atoms with Crippen molar-refractivity contribution < 1.29 is 0 Å². The quantitative estimate of drug-likeness (QED) is 0.540. The minimum absolute atomic E-state index is 0.286. The van der Waals surface area contributed by atoms with Gasteiger partial charge in [0.2, 0.25) is 0 Å². The first-order valence-electron chi connectivity index (χ1n) is 9.35. The van der Waals surface area contributed by atoms with Crippen LogP contribution in [0, 0.1) is 0 Å². The van der Waals surface area contributed by atoms with Gasteiger partial charge in [-0.15, -0.1) is 0 Å². The van der Waals surface area contributed by atoms with Crippen LogP contribution >= 0.6 is 0 Å². The molecular formula is C26H24. The molecule has 0 amide bonds. The SMILES string of the molecule is C=C/C(=C\C=C/C)C1(c2ccccc2)C2=C(CCC=C2)c2ccccc21. The highest BCUT2D eigenvalue weighted by molar-refractivity contribution is 5.88. The van der Waals surface area contributed by atoms with Crippen molar-refractivity contribution in [3.05, 3.63) is 125 Å². The zero-order valence-electron chi connectivity index (χ0n) is 15.3. The number of benzene rings is 2. The van der Waals surface area contributed by atoms with E-state index in [-0.39, 0.29) is 5.41 Å². The molecule has 0 heteroatoms. The Balaban J connectivity index is 2.14. The minimum atomic E-state index is -0.286. The molecule has 2 aliphatic carbocycles. The predicted molar refractivity (Wildman–Crippen MR) is 112 cm³/mol. The third-order valence-corrected chi connectivity index (χ3v) is 5.56. The summed E-state index contributed by atoms with van der Waals surface area (Å²) in [7, 11) is 0. The minimum Gasteiger partial charge on any atom is -0.0987 e. The molecule has 26 heavy (non-hydrogen) atoms. The van der Waals surface area contributed by atoms with Crippen LogP contribution in [-0.4, -0.2) is 0 Å². The van der Waals surface area contributed by atoms with Crippen LogP contribution in [0.3, 0.4) is 0 Å². The van der Waals surface area contributed by atoms with E-state index in [1.165, 1.54) is 33.4 Å². The van der Waals surface area contributed by atoms with Gasteiger partial charge in [-0.1, -0.05) is 97.6 Å². The maximum atomic E-state index is 4.19. The van der Waals surface area contributed by atoms with Gasteiger partial charge in [-0.05, 0) is 53.2 Å². The van der Waals surface area contributed by atoms with E-state index in [1.54, 1.807) is 0 Å². The van der Waals surface area contributed by atoms with Crippen molar-refractivity contribution in [2.75, 3.05) is 0 Å². The van der Waals surface area contributed by atoms with Crippen LogP contribution in [0.1, 0.15) is 36.5 Å². The monoisotopic (exact) mass is 336 g/mol. The molecule has 0 bridgehead atoms. The molecule has 0 aliphatic heterocycles. The summed E-state index contributed by atoms with van der Waals surface area (Å²) in [6.45, 7) is 6.25. The molecule has 0 heterocycles. The molecular weight excluding hydrogens is 312 g/mol. The summed E-state index contributed by atoms with van der Waals surface area (Å²) in [6, 6.07) is 19.8. The zero-order valence-corrected chi connectivity index (χ0v) is 15.3.